The summed E-state index contributed by atoms with van der Waals surface area (Å²) in [6, 6.07) is 6.56. The number of aliphatic carboxylic acids is 1. The molecule has 0 heterocycles. The first-order valence-corrected chi connectivity index (χ1v) is 12.5. The molecule has 0 bridgehead atoms. The van der Waals surface area contributed by atoms with Gasteiger partial charge in [0.25, 0.3) is 0 Å². The average molecular weight is 461 g/mol. The van der Waals surface area contributed by atoms with Gasteiger partial charge in [-0.2, -0.15) is 0 Å². The number of hydrogen-bond donors (Lipinski definition) is 1. The van der Waals surface area contributed by atoms with E-state index < -0.39 is 5.97 Å². The molecule has 0 aromatic heterocycles. The first-order chi connectivity index (χ1) is 16.6. The van der Waals surface area contributed by atoms with E-state index in [0.29, 0.717) is 5.92 Å². The molecule has 0 radical (unpaired) electrons. The van der Waals surface area contributed by atoms with E-state index in [4.69, 9.17) is 9.47 Å². The summed E-state index contributed by atoms with van der Waals surface area (Å²) in [6.45, 7) is 0. The molecule has 0 amide bonds. The lowest BCUT2D eigenvalue weighted by molar-refractivity contribution is -0.136. The monoisotopic (exact) mass is 460 g/mol. The van der Waals surface area contributed by atoms with Crippen molar-refractivity contribution in [3.63, 3.8) is 0 Å². The van der Waals surface area contributed by atoms with Crippen LogP contribution >= 0.6 is 0 Å². The second kappa shape index (κ2) is 11.4. The van der Waals surface area contributed by atoms with Crippen LogP contribution in [0.3, 0.4) is 0 Å². The minimum Gasteiger partial charge on any atom is -0.500 e. The first kappa shape index (κ1) is 24.1. The van der Waals surface area contributed by atoms with Gasteiger partial charge in [0.05, 0.1) is 20.6 Å². The lowest BCUT2D eigenvalue weighted by Crippen LogP contribution is -2.10. The molecular formula is C30H36O4. The quantitative estimate of drug-likeness (QED) is 0.396. The maximum Gasteiger partial charge on any atom is 0.307 e. The van der Waals surface area contributed by atoms with Crippen LogP contribution in [0, 0.1) is 0 Å². The van der Waals surface area contributed by atoms with Crippen LogP contribution in [0.2, 0.25) is 0 Å². The highest BCUT2D eigenvalue weighted by Gasteiger charge is 2.22. The number of methoxy groups -OCH3 is 2. The van der Waals surface area contributed by atoms with Crippen molar-refractivity contribution in [2.45, 2.75) is 70.1 Å². The van der Waals surface area contributed by atoms with E-state index in [1.807, 2.05) is 0 Å². The van der Waals surface area contributed by atoms with Crippen molar-refractivity contribution < 1.29 is 19.4 Å². The third-order valence-corrected chi connectivity index (χ3v) is 7.17. The largest absolute Gasteiger partial charge is 0.500 e. The van der Waals surface area contributed by atoms with E-state index in [-0.39, 0.29) is 6.42 Å². The fraction of sp³-hybridized carbons (Fsp3) is 0.433. The lowest BCUT2D eigenvalue weighted by Gasteiger charge is -2.25. The van der Waals surface area contributed by atoms with E-state index in [0.717, 1.165) is 74.9 Å². The maximum atomic E-state index is 11.2. The van der Waals surface area contributed by atoms with Crippen LogP contribution in [0.25, 0.3) is 0 Å². The average Bonchev–Trinajstić information content (AvgIpc) is 2.87. The minimum absolute atomic E-state index is 0.138. The summed E-state index contributed by atoms with van der Waals surface area (Å²) in [5.74, 6) is 1.57. The van der Waals surface area contributed by atoms with Crippen LogP contribution in [0.5, 0.6) is 5.75 Å². The molecule has 3 aliphatic carbocycles. The third kappa shape index (κ3) is 5.91. The summed E-state index contributed by atoms with van der Waals surface area (Å²) in [5, 5.41) is 9.20. The molecule has 1 atom stereocenters. The Morgan fingerprint density at radius 1 is 1.03 bits per heavy atom. The molecular weight excluding hydrogens is 424 g/mol. The molecule has 1 N–H and O–H groups in total. The Morgan fingerprint density at radius 2 is 1.91 bits per heavy atom. The number of ether oxygens (including phenoxy) is 2. The molecule has 4 heteroatoms. The Kier molecular flexibility index (Phi) is 8.10. The Morgan fingerprint density at radius 3 is 2.71 bits per heavy atom. The van der Waals surface area contributed by atoms with Crippen molar-refractivity contribution in [3.05, 3.63) is 87.8 Å². The first-order valence-electron chi connectivity index (χ1n) is 12.5. The molecule has 0 spiro atoms. The van der Waals surface area contributed by atoms with Crippen molar-refractivity contribution >= 4 is 5.97 Å². The topological polar surface area (TPSA) is 55.8 Å². The normalized spacial score (nSPS) is 20.4. The van der Waals surface area contributed by atoms with Crippen molar-refractivity contribution in [1.82, 2.24) is 0 Å². The maximum absolute atomic E-state index is 11.2. The number of allylic oxidation sites excluding steroid dienone is 9. The number of hydrogen-bond acceptors (Lipinski definition) is 3. The minimum atomic E-state index is -0.751. The molecule has 0 saturated heterocycles. The molecule has 1 aromatic carbocycles. The van der Waals surface area contributed by atoms with Crippen LogP contribution in [-0.4, -0.2) is 25.3 Å². The van der Waals surface area contributed by atoms with Gasteiger partial charge in [-0.1, -0.05) is 53.7 Å². The SMILES string of the molecule is COC1=C(C2=CCCC(CCc3ccc(OC)c([C@@H]4CCC=C(CC(=O)O)C4)c3)=C2)C=CCC1. The van der Waals surface area contributed by atoms with Crippen LogP contribution in [0.15, 0.2) is 76.6 Å². The van der Waals surface area contributed by atoms with Crippen molar-refractivity contribution in [1.29, 1.82) is 0 Å². The molecule has 4 nitrogen and oxygen atoms in total. The number of carboxylic acid groups (broad SMARTS) is 1. The van der Waals surface area contributed by atoms with Gasteiger partial charge in [-0.3, -0.25) is 4.79 Å². The molecule has 1 aromatic rings. The number of benzene rings is 1. The molecule has 3 aliphatic rings. The zero-order valence-electron chi connectivity index (χ0n) is 20.4. The van der Waals surface area contributed by atoms with E-state index >= 15 is 0 Å². The van der Waals surface area contributed by atoms with Gasteiger partial charge in [0.1, 0.15) is 11.5 Å². The molecule has 4 rings (SSSR count). The fourth-order valence-corrected chi connectivity index (χ4v) is 5.42. The number of aryl methyl sites for hydroxylation is 1. The van der Waals surface area contributed by atoms with E-state index in [1.165, 1.54) is 27.8 Å². The van der Waals surface area contributed by atoms with Gasteiger partial charge >= 0.3 is 5.97 Å². The predicted octanol–water partition coefficient (Wildman–Crippen LogP) is 7.19. The Bertz CT molecular complexity index is 1070. The van der Waals surface area contributed by atoms with Crippen LogP contribution < -0.4 is 4.74 Å². The molecule has 0 unspecified atom stereocenters. The van der Waals surface area contributed by atoms with E-state index in [1.54, 1.807) is 14.2 Å². The standard InChI is InChI=1S/C30H36O4/c1-33-28-12-4-3-11-26(28)24-9-5-7-21(17-24)13-14-22-15-16-29(34-2)27(19-22)25-10-6-8-23(18-25)20-30(31)32/h3,8-9,11,15-17,19,25H,4-7,10,12-14,18,20H2,1-2H3,(H,31,32)/t25-/m1/s1. The van der Waals surface area contributed by atoms with Gasteiger partial charge in [0.15, 0.2) is 0 Å². The van der Waals surface area contributed by atoms with E-state index in [2.05, 4.69) is 48.6 Å². The van der Waals surface area contributed by atoms with Gasteiger partial charge in [0, 0.05) is 12.0 Å². The Hall–Kier alpha value is -3.01. The van der Waals surface area contributed by atoms with Gasteiger partial charge in [-0.05, 0) is 80.1 Å². The van der Waals surface area contributed by atoms with E-state index in [9.17, 15) is 9.90 Å². The van der Waals surface area contributed by atoms with Crippen LogP contribution in [0.1, 0.15) is 74.8 Å². The summed E-state index contributed by atoms with van der Waals surface area (Å²) in [7, 11) is 3.50. The van der Waals surface area contributed by atoms with Gasteiger partial charge in [-0.15, -0.1) is 0 Å². The second-order valence-corrected chi connectivity index (χ2v) is 9.47. The molecule has 0 aliphatic heterocycles. The summed E-state index contributed by atoms with van der Waals surface area (Å²) < 4.78 is 11.3. The number of rotatable bonds is 9. The highest BCUT2D eigenvalue weighted by Crippen LogP contribution is 2.39. The van der Waals surface area contributed by atoms with Crippen LogP contribution in [0.4, 0.5) is 0 Å². The Balaban J connectivity index is 1.47. The smallest absolute Gasteiger partial charge is 0.307 e. The van der Waals surface area contributed by atoms with Crippen molar-refractivity contribution in [3.8, 4) is 5.75 Å². The zero-order valence-corrected chi connectivity index (χ0v) is 20.4. The highest BCUT2D eigenvalue weighted by molar-refractivity contribution is 5.70. The van der Waals surface area contributed by atoms with Gasteiger partial charge < -0.3 is 14.6 Å². The van der Waals surface area contributed by atoms with Gasteiger partial charge in [0.2, 0.25) is 0 Å². The zero-order chi connectivity index (χ0) is 23.9. The predicted molar refractivity (Wildman–Crippen MR) is 136 cm³/mol. The molecule has 34 heavy (non-hydrogen) atoms. The highest BCUT2D eigenvalue weighted by atomic mass is 16.5. The molecule has 0 fully saturated rings. The van der Waals surface area contributed by atoms with Crippen molar-refractivity contribution in [2.24, 2.45) is 0 Å². The second-order valence-electron chi connectivity index (χ2n) is 9.47. The summed E-state index contributed by atoms with van der Waals surface area (Å²) >= 11 is 0. The molecule has 0 saturated carbocycles. The summed E-state index contributed by atoms with van der Waals surface area (Å²) in [4.78, 5) is 11.2. The van der Waals surface area contributed by atoms with Gasteiger partial charge in [-0.25, -0.2) is 0 Å². The number of carbonyl (C=O) groups is 1. The fourth-order valence-electron chi connectivity index (χ4n) is 5.42. The molecule has 180 valence electrons. The third-order valence-electron chi connectivity index (χ3n) is 7.17. The lowest BCUT2D eigenvalue weighted by atomic mass is 9.81. The Labute approximate surface area is 203 Å². The number of carboxylic acids is 1. The summed E-state index contributed by atoms with van der Waals surface area (Å²) in [6.07, 6.45) is 20.4. The van der Waals surface area contributed by atoms with Crippen LogP contribution in [-0.2, 0) is 16.0 Å². The summed E-state index contributed by atoms with van der Waals surface area (Å²) in [5.41, 5.74) is 7.59. The van der Waals surface area contributed by atoms with Crippen molar-refractivity contribution in [2.75, 3.05) is 14.2 Å².